The van der Waals surface area contributed by atoms with Gasteiger partial charge in [0.15, 0.2) is 0 Å². The molecule has 98 valence electrons. The summed E-state index contributed by atoms with van der Waals surface area (Å²) in [6, 6.07) is 2.10. The van der Waals surface area contributed by atoms with Crippen LogP contribution in [0, 0.1) is 5.92 Å². The molecule has 0 atom stereocenters. The third-order valence-corrected chi connectivity index (χ3v) is 3.48. The highest BCUT2D eigenvalue weighted by Gasteiger charge is 2.21. The van der Waals surface area contributed by atoms with Gasteiger partial charge in [-0.3, -0.25) is 9.78 Å². The fourth-order valence-electron chi connectivity index (χ4n) is 2.42. The van der Waals surface area contributed by atoms with Gasteiger partial charge in [-0.25, -0.2) is 0 Å². The molecule has 0 radical (unpaired) electrons. The van der Waals surface area contributed by atoms with Crippen LogP contribution in [0.3, 0.4) is 0 Å². The van der Waals surface area contributed by atoms with E-state index in [1.807, 2.05) is 19.4 Å². The summed E-state index contributed by atoms with van der Waals surface area (Å²) < 4.78 is 0. The molecule has 0 spiro atoms. The molecule has 1 aliphatic rings. The number of hydrogen-bond donors (Lipinski definition) is 2. The van der Waals surface area contributed by atoms with Crippen molar-refractivity contribution in [1.82, 2.24) is 4.98 Å². The lowest BCUT2D eigenvalue weighted by atomic mass is 9.93. The second kappa shape index (κ2) is 5.71. The predicted octanol–water partition coefficient (Wildman–Crippen LogP) is 1.22. The number of pyridine rings is 1. The molecule has 1 aromatic rings. The minimum Gasteiger partial charge on any atom is -0.387 e. The summed E-state index contributed by atoms with van der Waals surface area (Å²) in [5, 5.41) is 3.09. The Morgan fingerprint density at radius 1 is 1.50 bits per heavy atom. The maximum Gasteiger partial charge on any atom is 0.217 e. The second-order valence-corrected chi connectivity index (χ2v) is 4.78. The Morgan fingerprint density at radius 3 is 2.83 bits per heavy atom. The van der Waals surface area contributed by atoms with Gasteiger partial charge in [-0.2, -0.15) is 0 Å². The van der Waals surface area contributed by atoms with Gasteiger partial charge < -0.3 is 16.0 Å². The van der Waals surface area contributed by atoms with Crippen molar-refractivity contribution in [3.8, 4) is 0 Å². The molecule has 5 nitrogen and oxygen atoms in total. The molecular formula is C13H20N4O. The zero-order valence-electron chi connectivity index (χ0n) is 10.7. The van der Waals surface area contributed by atoms with E-state index in [0.717, 1.165) is 37.3 Å². The van der Waals surface area contributed by atoms with Gasteiger partial charge in [-0.15, -0.1) is 0 Å². The third-order valence-electron chi connectivity index (χ3n) is 3.48. The third kappa shape index (κ3) is 3.12. The number of hydrogen-bond acceptors (Lipinski definition) is 4. The number of carbonyl (C=O) groups excluding carboxylic acids is 1. The number of nitrogens with one attached hydrogen (secondary N) is 1. The Kier molecular flexibility index (Phi) is 4.02. The molecule has 0 saturated carbocycles. The van der Waals surface area contributed by atoms with Crippen molar-refractivity contribution < 1.29 is 4.79 Å². The van der Waals surface area contributed by atoms with Crippen molar-refractivity contribution in [2.75, 3.05) is 30.4 Å². The van der Waals surface area contributed by atoms with Crippen LogP contribution < -0.4 is 16.0 Å². The number of nitrogens with zero attached hydrogens (tertiary/aromatic N) is 2. The van der Waals surface area contributed by atoms with Gasteiger partial charge in [0.05, 0.1) is 23.8 Å². The van der Waals surface area contributed by atoms with E-state index in [9.17, 15) is 4.79 Å². The number of carbonyl (C=O) groups is 1. The lowest BCUT2D eigenvalue weighted by Crippen LogP contribution is -2.35. The Bertz CT molecular complexity index is 413. The largest absolute Gasteiger partial charge is 0.387 e. The number of rotatable bonds is 4. The Labute approximate surface area is 107 Å². The van der Waals surface area contributed by atoms with E-state index >= 15 is 0 Å². The average Bonchev–Trinajstić information content (AvgIpc) is 2.39. The Balaban J connectivity index is 1.94. The van der Waals surface area contributed by atoms with Crippen LogP contribution >= 0.6 is 0 Å². The number of primary amides is 1. The summed E-state index contributed by atoms with van der Waals surface area (Å²) in [5.74, 6) is 0.256. The summed E-state index contributed by atoms with van der Waals surface area (Å²) in [4.78, 5) is 17.4. The molecular weight excluding hydrogens is 228 g/mol. The molecule has 1 aromatic heterocycles. The minimum absolute atomic E-state index is 0.188. The molecule has 0 aliphatic carbocycles. The van der Waals surface area contributed by atoms with Crippen molar-refractivity contribution >= 4 is 17.3 Å². The standard InChI is InChI=1S/C13H20N4O/c1-15-11-7-12(9-16-8-11)17-4-2-10(3-5-17)6-13(14)18/h7-10,15H,2-6H2,1H3,(H2,14,18). The molecule has 1 fully saturated rings. The summed E-state index contributed by atoms with van der Waals surface area (Å²) in [6.45, 7) is 1.93. The lowest BCUT2D eigenvalue weighted by Gasteiger charge is -2.33. The van der Waals surface area contributed by atoms with E-state index in [1.165, 1.54) is 0 Å². The average molecular weight is 248 g/mol. The maximum absolute atomic E-state index is 10.9. The van der Waals surface area contributed by atoms with Crippen LogP contribution in [0.15, 0.2) is 18.5 Å². The maximum atomic E-state index is 10.9. The lowest BCUT2D eigenvalue weighted by molar-refractivity contribution is -0.119. The van der Waals surface area contributed by atoms with Crippen LogP contribution in [0.1, 0.15) is 19.3 Å². The Hall–Kier alpha value is -1.78. The molecule has 2 rings (SSSR count). The number of anilines is 2. The topological polar surface area (TPSA) is 71.2 Å². The molecule has 0 bridgehead atoms. The smallest absolute Gasteiger partial charge is 0.217 e. The molecule has 1 amide bonds. The molecule has 5 heteroatoms. The van der Waals surface area contributed by atoms with Crippen LogP contribution in [0.5, 0.6) is 0 Å². The summed E-state index contributed by atoms with van der Waals surface area (Å²) in [7, 11) is 1.89. The van der Waals surface area contributed by atoms with Crippen LogP contribution in [0.25, 0.3) is 0 Å². The fraction of sp³-hybridized carbons (Fsp3) is 0.538. The van der Waals surface area contributed by atoms with Crippen LogP contribution in [-0.4, -0.2) is 31.0 Å². The molecule has 0 unspecified atom stereocenters. The summed E-state index contributed by atoms with van der Waals surface area (Å²) in [6.07, 6.45) is 6.25. The summed E-state index contributed by atoms with van der Waals surface area (Å²) >= 11 is 0. The van der Waals surface area contributed by atoms with E-state index in [2.05, 4.69) is 21.3 Å². The molecule has 3 N–H and O–H groups in total. The highest BCUT2D eigenvalue weighted by molar-refractivity contribution is 5.74. The van der Waals surface area contributed by atoms with Crippen LogP contribution in [-0.2, 0) is 4.79 Å². The van der Waals surface area contributed by atoms with Crippen LogP contribution in [0.4, 0.5) is 11.4 Å². The van der Waals surface area contributed by atoms with E-state index in [4.69, 9.17) is 5.73 Å². The minimum atomic E-state index is -0.188. The molecule has 1 saturated heterocycles. The first kappa shape index (κ1) is 12.7. The molecule has 1 aliphatic heterocycles. The molecule has 18 heavy (non-hydrogen) atoms. The first-order valence-electron chi connectivity index (χ1n) is 6.35. The zero-order chi connectivity index (χ0) is 13.0. The SMILES string of the molecule is CNc1cncc(N2CCC(CC(N)=O)CC2)c1. The monoisotopic (exact) mass is 248 g/mol. The predicted molar refractivity (Wildman–Crippen MR) is 72.5 cm³/mol. The molecule has 2 heterocycles. The van der Waals surface area contributed by atoms with Gasteiger partial charge in [0, 0.05) is 26.6 Å². The Morgan fingerprint density at radius 2 is 2.22 bits per heavy atom. The van der Waals surface area contributed by atoms with Crippen molar-refractivity contribution in [3.63, 3.8) is 0 Å². The summed E-state index contributed by atoms with van der Waals surface area (Å²) in [5.41, 5.74) is 7.39. The zero-order valence-corrected chi connectivity index (χ0v) is 10.7. The first-order chi connectivity index (χ1) is 8.69. The highest BCUT2D eigenvalue weighted by atomic mass is 16.1. The van der Waals surface area contributed by atoms with Crippen molar-refractivity contribution in [2.45, 2.75) is 19.3 Å². The number of piperidine rings is 1. The highest BCUT2D eigenvalue weighted by Crippen LogP contribution is 2.25. The number of aromatic nitrogens is 1. The van der Waals surface area contributed by atoms with Gasteiger partial charge in [0.25, 0.3) is 0 Å². The normalized spacial score (nSPS) is 16.6. The quantitative estimate of drug-likeness (QED) is 0.840. The van der Waals surface area contributed by atoms with E-state index in [-0.39, 0.29) is 5.91 Å². The van der Waals surface area contributed by atoms with Gasteiger partial charge in [-0.1, -0.05) is 0 Å². The number of nitrogens with two attached hydrogens (primary N) is 1. The van der Waals surface area contributed by atoms with Crippen molar-refractivity contribution in [2.24, 2.45) is 11.7 Å². The number of amides is 1. The van der Waals surface area contributed by atoms with E-state index < -0.39 is 0 Å². The van der Waals surface area contributed by atoms with E-state index in [0.29, 0.717) is 12.3 Å². The molecule has 0 aromatic carbocycles. The van der Waals surface area contributed by atoms with Gasteiger partial charge in [0.1, 0.15) is 0 Å². The van der Waals surface area contributed by atoms with Gasteiger partial charge >= 0.3 is 0 Å². The van der Waals surface area contributed by atoms with Gasteiger partial charge in [-0.05, 0) is 24.8 Å². The van der Waals surface area contributed by atoms with Crippen molar-refractivity contribution in [1.29, 1.82) is 0 Å². The van der Waals surface area contributed by atoms with Crippen molar-refractivity contribution in [3.05, 3.63) is 18.5 Å². The first-order valence-corrected chi connectivity index (χ1v) is 6.35. The fourth-order valence-corrected chi connectivity index (χ4v) is 2.42. The van der Waals surface area contributed by atoms with Crippen LogP contribution in [0.2, 0.25) is 0 Å². The van der Waals surface area contributed by atoms with E-state index in [1.54, 1.807) is 0 Å². The van der Waals surface area contributed by atoms with Gasteiger partial charge in [0.2, 0.25) is 5.91 Å². The second-order valence-electron chi connectivity index (χ2n) is 4.78.